The molecule has 0 aromatic heterocycles. The zero-order valence-electron chi connectivity index (χ0n) is 13.5. The fourth-order valence-electron chi connectivity index (χ4n) is 4.29. The van der Waals surface area contributed by atoms with Crippen molar-refractivity contribution < 1.29 is 4.79 Å². The number of likely N-dealkylation sites (tertiary alicyclic amines) is 1. The van der Waals surface area contributed by atoms with Gasteiger partial charge in [-0.2, -0.15) is 0 Å². The maximum atomic E-state index is 12.3. The van der Waals surface area contributed by atoms with Crippen LogP contribution in [0.4, 0.5) is 0 Å². The molecule has 1 unspecified atom stereocenters. The second-order valence-electron chi connectivity index (χ2n) is 7.40. The average molecular weight is 293 g/mol. The van der Waals surface area contributed by atoms with Crippen LogP contribution in [0, 0.1) is 17.3 Å². The summed E-state index contributed by atoms with van der Waals surface area (Å²) in [5.74, 6) is 1.36. The first-order chi connectivity index (χ1) is 10.2. The zero-order valence-corrected chi connectivity index (χ0v) is 13.5. The summed E-state index contributed by atoms with van der Waals surface area (Å²) in [5, 5.41) is 6.66. The van der Waals surface area contributed by atoms with Crippen molar-refractivity contribution in [3.05, 3.63) is 0 Å². The lowest BCUT2D eigenvalue weighted by Crippen LogP contribution is -2.40. The fourth-order valence-corrected chi connectivity index (χ4v) is 4.29. The monoisotopic (exact) mass is 293 g/mol. The molecule has 2 saturated heterocycles. The van der Waals surface area contributed by atoms with E-state index < -0.39 is 0 Å². The standard InChI is InChI=1S/C17H31N3O/c1-2-9-20-10-3-14(4-11-20)13-19-16(21)15-12-17(15)5-7-18-8-6-17/h14-15,18H,2-13H2,1H3,(H,19,21). The van der Waals surface area contributed by atoms with E-state index in [1.54, 1.807) is 0 Å². The van der Waals surface area contributed by atoms with Crippen molar-refractivity contribution in [2.45, 2.75) is 45.4 Å². The van der Waals surface area contributed by atoms with Crippen LogP contribution < -0.4 is 10.6 Å². The molecule has 0 aromatic rings. The van der Waals surface area contributed by atoms with Gasteiger partial charge in [0.2, 0.25) is 5.91 Å². The Morgan fingerprint density at radius 2 is 2.00 bits per heavy atom. The van der Waals surface area contributed by atoms with Crippen LogP contribution in [0.1, 0.15) is 45.4 Å². The molecule has 0 bridgehead atoms. The molecule has 2 N–H and O–H groups in total. The molecule has 120 valence electrons. The summed E-state index contributed by atoms with van der Waals surface area (Å²) in [6, 6.07) is 0. The van der Waals surface area contributed by atoms with Crippen LogP contribution in [-0.4, -0.2) is 50.1 Å². The molecular weight excluding hydrogens is 262 g/mol. The van der Waals surface area contributed by atoms with Crippen LogP contribution in [0.3, 0.4) is 0 Å². The number of hydrogen-bond acceptors (Lipinski definition) is 3. The van der Waals surface area contributed by atoms with Crippen molar-refractivity contribution in [1.29, 1.82) is 0 Å². The molecule has 3 rings (SSSR count). The summed E-state index contributed by atoms with van der Waals surface area (Å²) >= 11 is 0. The molecule has 0 radical (unpaired) electrons. The summed E-state index contributed by atoms with van der Waals surface area (Å²) < 4.78 is 0. The number of rotatable bonds is 5. The number of nitrogens with one attached hydrogen (secondary N) is 2. The minimum atomic E-state index is 0.319. The number of carbonyl (C=O) groups excluding carboxylic acids is 1. The molecule has 1 atom stereocenters. The third-order valence-corrected chi connectivity index (χ3v) is 5.92. The number of carbonyl (C=O) groups is 1. The van der Waals surface area contributed by atoms with Crippen molar-refractivity contribution in [2.75, 3.05) is 39.3 Å². The van der Waals surface area contributed by atoms with Gasteiger partial charge in [-0.3, -0.25) is 4.79 Å². The van der Waals surface area contributed by atoms with E-state index in [0.717, 1.165) is 26.1 Å². The van der Waals surface area contributed by atoms with Crippen molar-refractivity contribution in [3.8, 4) is 0 Å². The Bertz CT molecular complexity index is 357. The summed E-state index contributed by atoms with van der Waals surface area (Å²) in [6.07, 6.45) is 7.27. The van der Waals surface area contributed by atoms with E-state index in [4.69, 9.17) is 0 Å². The van der Waals surface area contributed by atoms with E-state index in [9.17, 15) is 4.79 Å². The Morgan fingerprint density at radius 3 is 2.67 bits per heavy atom. The molecular formula is C17H31N3O. The average Bonchev–Trinajstić information content (AvgIpc) is 3.20. The van der Waals surface area contributed by atoms with Gasteiger partial charge in [0.05, 0.1) is 0 Å². The minimum absolute atomic E-state index is 0.319. The van der Waals surface area contributed by atoms with E-state index in [-0.39, 0.29) is 0 Å². The zero-order chi connectivity index (χ0) is 14.7. The van der Waals surface area contributed by atoms with Gasteiger partial charge < -0.3 is 15.5 Å². The van der Waals surface area contributed by atoms with Gasteiger partial charge in [0.1, 0.15) is 0 Å². The Labute approximate surface area is 129 Å². The Kier molecular flexibility index (Phi) is 4.85. The van der Waals surface area contributed by atoms with Gasteiger partial charge in [-0.1, -0.05) is 6.92 Å². The van der Waals surface area contributed by atoms with Crippen LogP contribution >= 0.6 is 0 Å². The van der Waals surface area contributed by atoms with Crippen molar-refractivity contribution in [2.24, 2.45) is 17.3 Å². The third-order valence-electron chi connectivity index (χ3n) is 5.92. The minimum Gasteiger partial charge on any atom is -0.356 e. The number of piperidine rings is 2. The molecule has 1 spiro atoms. The summed E-state index contributed by atoms with van der Waals surface area (Å²) in [7, 11) is 0. The summed E-state index contributed by atoms with van der Waals surface area (Å²) in [4.78, 5) is 14.9. The van der Waals surface area contributed by atoms with Gasteiger partial charge in [-0.05, 0) is 82.6 Å². The Balaban J connectivity index is 1.35. The Hall–Kier alpha value is -0.610. The van der Waals surface area contributed by atoms with Crippen molar-refractivity contribution >= 4 is 5.91 Å². The fraction of sp³-hybridized carbons (Fsp3) is 0.941. The van der Waals surface area contributed by atoms with E-state index in [1.165, 1.54) is 51.7 Å². The molecule has 2 aliphatic heterocycles. The second kappa shape index (κ2) is 6.66. The van der Waals surface area contributed by atoms with Crippen LogP contribution in [0.15, 0.2) is 0 Å². The number of nitrogens with zero attached hydrogens (tertiary/aromatic N) is 1. The lowest BCUT2D eigenvalue weighted by atomic mass is 9.91. The van der Waals surface area contributed by atoms with Gasteiger partial charge in [0.25, 0.3) is 0 Å². The van der Waals surface area contributed by atoms with Gasteiger partial charge in [0.15, 0.2) is 0 Å². The molecule has 0 aromatic carbocycles. The first kappa shape index (κ1) is 15.3. The number of amides is 1. The summed E-state index contributed by atoms with van der Waals surface area (Å²) in [5.41, 5.74) is 0.375. The maximum absolute atomic E-state index is 12.3. The lowest BCUT2D eigenvalue weighted by molar-refractivity contribution is -0.123. The largest absolute Gasteiger partial charge is 0.356 e. The van der Waals surface area contributed by atoms with Gasteiger partial charge in [0, 0.05) is 12.5 Å². The van der Waals surface area contributed by atoms with Crippen molar-refractivity contribution in [3.63, 3.8) is 0 Å². The van der Waals surface area contributed by atoms with E-state index in [0.29, 0.717) is 23.2 Å². The SMILES string of the molecule is CCCN1CCC(CNC(=O)C2CC23CCNCC3)CC1. The van der Waals surface area contributed by atoms with E-state index in [2.05, 4.69) is 22.5 Å². The molecule has 1 aliphatic carbocycles. The first-order valence-electron chi connectivity index (χ1n) is 8.94. The normalized spacial score (nSPS) is 29.5. The highest BCUT2D eigenvalue weighted by Crippen LogP contribution is 2.58. The van der Waals surface area contributed by atoms with Crippen molar-refractivity contribution in [1.82, 2.24) is 15.5 Å². The predicted molar refractivity (Wildman–Crippen MR) is 85.1 cm³/mol. The topological polar surface area (TPSA) is 44.4 Å². The Morgan fingerprint density at radius 1 is 1.29 bits per heavy atom. The number of hydrogen-bond donors (Lipinski definition) is 2. The molecule has 1 amide bonds. The second-order valence-corrected chi connectivity index (χ2v) is 7.40. The highest BCUT2D eigenvalue weighted by molar-refractivity contribution is 5.82. The molecule has 3 fully saturated rings. The van der Waals surface area contributed by atoms with Crippen LogP contribution in [0.5, 0.6) is 0 Å². The molecule has 21 heavy (non-hydrogen) atoms. The smallest absolute Gasteiger partial charge is 0.223 e. The molecule has 3 aliphatic rings. The molecule has 2 heterocycles. The van der Waals surface area contributed by atoms with Crippen LogP contribution in [0.2, 0.25) is 0 Å². The first-order valence-corrected chi connectivity index (χ1v) is 8.94. The van der Waals surface area contributed by atoms with Crippen LogP contribution in [0.25, 0.3) is 0 Å². The van der Waals surface area contributed by atoms with E-state index >= 15 is 0 Å². The van der Waals surface area contributed by atoms with Crippen LogP contribution in [-0.2, 0) is 4.79 Å². The van der Waals surface area contributed by atoms with E-state index in [1.807, 2.05) is 0 Å². The molecule has 4 nitrogen and oxygen atoms in total. The maximum Gasteiger partial charge on any atom is 0.223 e. The quantitative estimate of drug-likeness (QED) is 0.809. The third kappa shape index (κ3) is 3.59. The summed E-state index contributed by atoms with van der Waals surface area (Å²) in [6.45, 7) is 9.01. The van der Waals surface area contributed by atoms with Gasteiger partial charge in [-0.25, -0.2) is 0 Å². The molecule has 4 heteroatoms. The van der Waals surface area contributed by atoms with Gasteiger partial charge in [-0.15, -0.1) is 0 Å². The highest BCUT2D eigenvalue weighted by atomic mass is 16.2. The highest BCUT2D eigenvalue weighted by Gasteiger charge is 2.57. The predicted octanol–water partition coefficient (Wildman–Crippen LogP) is 1.61. The molecule has 1 saturated carbocycles. The lowest BCUT2D eigenvalue weighted by Gasteiger charge is -2.31. The van der Waals surface area contributed by atoms with Gasteiger partial charge >= 0.3 is 0 Å².